The van der Waals surface area contributed by atoms with Crippen LogP contribution in [-0.2, 0) is 10.3 Å². The highest BCUT2D eigenvalue weighted by Gasteiger charge is 2.34. The Labute approximate surface area is 148 Å². The van der Waals surface area contributed by atoms with Crippen molar-refractivity contribution in [1.82, 2.24) is 10.3 Å². The van der Waals surface area contributed by atoms with Crippen molar-refractivity contribution >= 4 is 40.3 Å². The Kier molecular flexibility index (Phi) is 6.28. The van der Waals surface area contributed by atoms with Crippen LogP contribution in [0.5, 0.6) is 5.75 Å². The Balaban J connectivity index is 3.18. The van der Waals surface area contributed by atoms with Gasteiger partial charge in [0.15, 0.2) is 10.9 Å². The minimum absolute atomic E-state index is 0.0583. The van der Waals surface area contributed by atoms with Crippen LogP contribution in [0.3, 0.4) is 0 Å². The van der Waals surface area contributed by atoms with Crippen molar-refractivity contribution in [3.8, 4) is 5.75 Å². The molecule has 124 valence electrons. The zero-order valence-electron chi connectivity index (χ0n) is 12.9. The molecular weight excluding hydrogens is 423 g/mol. The Hall–Kier alpha value is -0.800. The van der Waals surface area contributed by atoms with Gasteiger partial charge in [-0.2, -0.15) is 0 Å². The zero-order valence-corrected chi connectivity index (χ0v) is 15.8. The fourth-order valence-corrected chi connectivity index (χ4v) is 2.80. The highest BCUT2D eigenvalue weighted by molar-refractivity contribution is 14.1. The summed E-state index contributed by atoms with van der Waals surface area (Å²) in [5, 5.41) is 22.1. The molecule has 6 nitrogen and oxygen atoms in total. The minimum Gasteiger partial charge on any atom is -0.504 e. The lowest BCUT2D eigenvalue weighted by Gasteiger charge is -2.32. The Morgan fingerprint density at radius 3 is 2.55 bits per heavy atom. The molecule has 0 aliphatic carbocycles. The molecule has 1 rings (SSSR count). The first-order chi connectivity index (χ1) is 9.98. The molecule has 0 unspecified atom stereocenters. The van der Waals surface area contributed by atoms with Crippen molar-refractivity contribution in [2.75, 3.05) is 6.61 Å². The first-order valence-corrected chi connectivity index (χ1v) is 8.12. The van der Waals surface area contributed by atoms with Crippen molar-refractivity contribution < 1.29 is 19.7 Å². The van der Waals surface area contributed by atoms with Crippen LogP contribution in [0.25, 0.3) is 0 Å². The summed E-state index contributed by atoms with van der Waals surface area (Å²) in [6.07, 6.45) is -0.471. The molecule has 0 aliphatic rings. The number of nitrogens with zero attached hydrogens (tertiary/aromatic N) is 1. The highest BCUT2D eigenvalue weighted by atomic mass is 127. The number of aromatic nitrogens is 1. The van der Waals surface area contributed by atoms with Gasteiger partial charge in [0.2, 0.25) is 0 Å². The van der Waals surface area contributed by atoms with E-state index in [1.54, 1.807) is 33.8 Å². The summed E-state index contributed by atoms with van der Waals surface area (Å²) in [4.78, 5) is 16.0. The maximum Gasteiger partial charge on any atom is 0.408 e. The van der Waals surface area contributed by atoms with E-state index in [4.69, 9.17) is 16.3 Å². The molecule has 1 atom stereocenters. The summed E-state index contributed by atoms with van der Waals surface area (Å²) in [5.41, 5.74) is -1.33. The van der Waals surface area contributed by atoms with Crippen LogP contribution < -0.4 is 5.32 Å². The molecule has 8 heteroatoms. The number of ether oxygens (including phenoxy) is 1. The van der Waals surface area contributed by atoms with Crippen molar-refractivity contribution in [3.05, 3.63) is 20.5 Å². The van der Waals surface area contributed by atoms with E-state index in [9.17, 15) is 15.0 Å². The number of carbonyl (C=O) groups is 1. The number of aliphatic hydroxyl groups is 1. The van der Waals surface area contributed by atoms with E-state index in [-0.39, 0.29) is 23.9 Å². The van der Waals surface area contributed by atoms with Gasteiger partial charge in [0, 0.05) is 12.2 Å². The van der Waals surface area contributed by atoms with Crippen LogP contribution in [0.15, 0.2) is 6.07 Å². The Morgan fingerprint density at radius 2 is 2.05 bits per heavy atom. The number of aliphatic hydroxyl groups excluding tert-OH is 1. The maximum atomic E-state index is 12.1. The number of halogens is 2. The second-order valence-electron chi connectivity index (χ2n) is 6.06. The Bertz CT molecular complexity index is 563. The van der Waals surface area contributed by atoms with Crippen LogP contribution in [0.2, 0.25) is 5.15 Å². The number of pyridine rings is 1. The third-order valence-electron chi connectivity index (χ3n) is 2.90. The quantitative estimate of drug-likeness (QED) is 0.492. The van der Waals surface area contributed by atoms with Crippen LogP contribution in [-0.4, -0.2) is 33.5 Å². The number of rotatable bonds is 4. The zero-order chi connectivity index (χ0) is 17.1. The fourth-order valence-electron chi connectivity index (χ4n) is 1.92. The van der Waals surface area contributed by atoms with Crippen LogP contribution in [0.4, 0.5) is 4.79 Å². The normalized spacial score (nSPS) is 14.3. The van der Waals surface area contributed by atoms with Crippen molar-refractivity contribution in [2.45, 2.75) is 45.3 Å². The van der Waals surface area contributed by atoms with Crippen molar-refractivity contribution in [3.63, 3.8) is 0 Å². The molecular formula is C14H20ClIN2O4. The van der Waals surface area contributed by atoms with Gasteiger partial charge in [-0.25, -0.2) is 9.78 Å². The smallest absolute Gasteiger partial charge is 0.408 e. The van der Waals surface area contributed by atoms with E-state index in [0.29, 0.717) is 9.26 Å². The number of alkyl carbamates (subject to hydrolysis) is 1. The second-order valence-corrected chi connectivity index (χ2v) is 7.53. The topological polar surface area (TPSA) is 91.7 Å². The van der Waals surface area contributed by atoms with Crippen LogP contribution in [0.1, 0.15) is 39.7 Å². The van der Waals surface area contributed by atoms with Gasteiger partial charge in [-0.1, -0.05) is 11.6 Å². The summed E-state index contributed by atoms with van der Waals surface area (Å²) in [6.45, 7) is 6.73. The molecule has 0 fully saturated rings. The Morgan fingerprint density at radius 1 is 1.45 bits per heavy atom. The largest absolute Gasteiger partial charge is 0.504 e. The average Bonchev–Trinajstić information content (AvgIpc) is 2.31. The summed E-state index contributed by atoms with van der Waals surface area (Å²) >= 11 is 7.85. The van der Waals surface area contributed by atoms with E-state index in [0.717, 1.165) is 0 Å². The third kappa shape index (κ3) is 5.13. The van der Waals surface area contributed by atoms with E-state index in [1.807, 2.05) is 22.6 Å². The monoisotopic (exact) mass is 442 g/mol. The summed E-state index contributed by atoms with van der Waals surface area (Å²) in [5.74, 6) is -0.228. The third-order valence-corrected chi connectivity index (χ3v) is 3.72. The molecule has 0 aliphatic heterocycles. The summed E-state index contributed by atoms with van der Waals surface area (Å²) in [7, 11) is 0. The molecule has 3 N–H and O–H groups in total. The molecule has 1 aromatic rings. The predicted molar refractivity (Wildman–Crippen MR) is 92.1 cm³/mol. The number of hydrogen-bond acceptors (Lipinski definition) is 5. The van der Waals surface area contributed by atoms with Gasteiger partial charge in [0.05, 0.1) is 5.54 Å². The maximum absolute atomic E-state index is 12.1. The van der Waals surface area contributed by atoms with E-state index in [2.05, 4.69) is 10.3 Å². The SMILES string of the molecule is CC(C)(C)OC(=O)N[C@@](C)(CCO)c1cc(I)nc(Cl)c1O. The second kappa shape index (κ2) is 7.18. The number of aromatic hydroxyl groups is 1. The molecule has 0 saturated heterocycles. The van der Waals surface area contributed by atoms with Crippen molar-refractivity contribution in [1.29, 1.82) is 0 Å². The summed E-state index contributed by atoms with van der Waals surface area (Å²) < 4.78 is 5.80. The lowest BCUT2D eigenvalue weighted by molar-refractivity contribution is 0.0443. The first-order valence-electron chi connectivity index (χ1n) is 6.66. The number of hydrogen-bond donors (Lipinski definition) is 3. The number of amides is 1. The lowest BCUT2D eigenvalue weighted by Crippen LogP contribution is -2.46. The molecule has 1 heterocycles. The molecule has 1 aromatic heterocycles. The molecule has 1 amide bonds. The lowest BCUT2D eigenvalue weighted by atomic mass is 9.89. The van der Waals surface area contributed by atoms with Gasteiger partial charge in [0.1, 0.15) is 9.30 Å². The van der Waals surface area contributed by atoms with Gasteiger partial charge in [-0.3, -0.25) is 0 Å². The molecule has 0 radical (unpaired) electrons. The number of nitrogens with one attached hydrogen (secondary N) is 1. The fraction of sp³-hybridized carbons (Fsp3) is 0.571. The molecule has 22 heavy (non-hydrogen) atoms. The molecule has 0 aromatic carbocycles. The molecule has 0 spiro atoms. The van der Waals surface area contributed by atoms with Crippen molar-refractivity contribution in [2.24, 2.45) is 0 Å². The molecule has 0 bridgehead atoms. The van der Waals surface area contributed by atoms with Gasteiger partial charge >= 0.3 is 6.09 Å². The summed E-state index contributed by atoms with van der Waals surface area (Å²) in [6, 6.07) is 1.61. The van der Waals surface area contributed by atoms with Gasteiger partial charge in [0.25, 0.3) is 0 Å². The van der Waals surface area contributed by atoms with Gasteiger partial charge < -0.3 is 20.3 Å². The first kappa shape index (κ1) is 19.2. The predicted octanol–water partition coefficient (Wildman–Crippen LogP) is 3.17. The van der Waals surface area contributed by atoms with Gasteiger partial charge in [-0.05, 0) is 62.8 Å². The average molecular weight is 443 g/mol. The van der Waals surface area contributed by atoms with Crippen LogP contribution in [0, 0.1) is 3.70 Å². The minimum atomic E-state index is -1.05. The standard InChI is InChI=1S/C14H20ClIN2O4/c1-13(2,3)22-12(21)18-14(4,5-6-19)8-7-9(16)17-11(15)10(8)20/h7,19-20H,5-6H2,1-4H3,(H,18,21)/t14-/m0/s1. The van der Waals surface area contributed by atoms with E-state index in [1.165, 1.54) is 0 Å². The molecule has 0 saturated carbocycles. The highest BCUT2D eigenvalue weighted by Crippen LogP contribution is 2.36. The number of carbonyl (C=O) groups excluding carboxylic acids is 1. The van der Waals surface area contributed by atoms with E-state index < -0.39 is 17.2 Å². The van der Waals surface area contributed by atoms with Crippen LogP contribution >= 0.6 is 34.2 Å². The van der Waals surface area contributed by atoms with Gasteiger partial charge in [-0.15, -0.1) is 0 Å². The van der Waals surface area contributed by atoms with E-state index >= 15 is 0 Å².